The van der Waals surface area contributed by atoms with Crippen LogP contribution >= 0.6 is 11.8 Å². The van der Waals surface area contributed by atoms with Crippen molar-refractivity contribution in [2.45, 2.75) is 37.5 Å². The van der Waals surface area contributed by atoms with Crippen LogP contribution in [0.15, 0.2) is 89.8 Å². The Labute approximate surface area is 172 Å². The van der Waals surface area contributed by atoms with Gasteiger partial charge in [-0.05, 0) is 35.9 Å². The third-order valence-corrected chi connectivity index (χ3v) is 6.33. The van der Waals surface area contributed by atoms with Crippen LogP contribution < -0.4 is 0 Å². The molecule has 1 heterocycles. The Hall–Kier alpha value is -2.45. The highest BCUT2D eigenvalue weighted by Gasteiger charge is 2.19. The number of nitrogens with zero attached hydrogens (tertiary/aromatic N) is 1. The van der Waals surface area contributed by atoms with Gasteiger partial charge in [-0.2, -0.15) is 0 Å². The first-order valence-corrected chi connectivity index (χ1v) is 11.3. The van der Waals surface area contributed by atoms with Gasteiger partial charge in [0.2, 0.25) is 0 Å². The van der Waals surface area contributed by atoms with E-state index in [2.05, 4.69) is 96.4 Å². The van der Waals surface area contributed by atoms with Crippen molar-refractivity contribution in [3.8, 4) is 16.9 Å². The first-order chi connectivity index (χ1) is 13.9. The van der Waals surface area contributed by atoms with Crippen molar-refractivity contribution in [3.63, 3.8) is 0 Å². The second kappa shape index (κ2) is 9.16. The molecule has 1 nitrogen and oxygen atoms in total. The van der Waals surface area contributed by atoms with E-state index in [1.807, 2.05) is 11.8 Å². The van der Waals surface area contributed by atoms with E-state index in [1.165, 1.54) is 64.2 Å². The van der Waals surface area contributed by atoms with Crippen LogP contribution in [0.1, 0.15) is 32.6 Å². The van der Waals surface area contributed by atoms with Crippen molar-refractivity contribution >= 4 is 22.7 Å². The van der Waals surface area contributed by atoms with Gasteiger partial charge >= 0.3 is 0 Å². The fourth-order valence-electron chi connectivity index (χ4n) is 3.76. The zero-order valence-corrected chi connectivity index (χ0v) is 17.3. The summed E-state index contributed by atoms with van der Waals surface area (Å²) in [5.74, 6) is 1.17. The fourth-order valence-corrected chi connectivity index (χ4v) is 4.99. The first kappa shape index (κ1) is 18.9. The van der Waals surface area contributed by atoms with Crippen LogP contribution in [0.5, 0.6) is 0 Å². The lowest BCUT2D eigenvalue weighted by Crippen LogP contribution is -1.97. The Morgan fingerprint density at radius 1 is 0.714 bits per heavy atom. The van der Waals surface area contributed by atoms with Crippen LogP contribution in [0.4, 0.5) is 0 Å². The first-order valence-electron chi connectivity index (χ1n) is 10.3. The number of fused-ring (bicyclic) bond motifs is 1. The van der Waals surface area contributed by atoms with Crippen molar-refractivity contribution in [2.75, 3.05) is 5.75 Å². The summed E-state index contributed by atoms with van der Waals surface area (Å²) in [5, 5.41) is 1.35. The van der Waals surface area contributed by atoms with E-state index < -0.39 is 0 Å². The summed E-state index contributed by atoms with van der Waals surface area (Å²) in [6, 6.07) is 30.4. The molecule has 142 valence electrons. The molecule has 0 fully saturated rings. The summed E-state index contributed by atoms with van der Waals surface area (Å²) in [6.07, 6.45) is 5.21. The van der Waals surface area contributed by atoms with Crippen molar-refractivity contribution in [1.82, 2.24) is 4.57 Å². The number of hydrogen-bond donors (Lipinski definition) is 0. The predicted molar refractivity (Wildman–Crippen MR) is 124 cm³/mol. The zero-order chi connectivity index (χ0) is 19.2. The fraction of sp³-hybridized carbons (Fsp3) is 0.231. The highest BCUT2D eigenvalue weighted by molar-refractivity contribution is 7.99. The molecule has 0 aliphatic rings. The quantitative estimate of drug-likeness (QED) is 0.220. The van der Waals surface area contributed by atoms with Crippen molar-refractivity contribution in [1.29, 1.82) is 0 Å². The SMILES string of the molecule is CCCCCCSc1c(-c2ccccc2)n(-c2ccccc2)c2ccccc12. The van der Waals surface area contributed by atoms with Gasteiger partial charge in [0, 0.05) is 16.0 Å². The Kier molecular flexibility index (Phi) is 6.18. The lowest BCUT2D eigenvalue weighted by molar-refractivity contribution is 0.706. The molecule has 4 rings (SSSR count). The summed E-state index contributed by atoms with van der Waals surface area (Å²) < 4.78 is 2.43. The largest absolute Gasteiger partial charge is 0.308 e. The minimum Gasteiger partial charge on any atom is -0.308 e. The number of para-hydroxylation sites is 2. The van der Waals surface area contributed by atoms with Gasteiger partial charge in [-0.25, -0.2) is 0 Å². The van der Waals surface area contributed by atoms with Crippen LogP contribution in [0.25, 0.3) is 27.8 Å². The molecule has 0 amide bonds. The molecule has 3 aromatic carbocycles. The lowest BCUT2D eigenvalue weighted by Gasteiger charge is -2.13. The number of thioether (sulfide) groups is 1. The molecule has 0 saturated carbocycles. The number of hydrogen-bond acceptors (Lipinski definition) is 1. The molecule has 2 heteroatoms. The molecule has 0 spiro atoms. The van der Waals surface area contributed by atoms with Crippen LogP contribution in [0.2, 0.25) is 0 Å². The topological polar surface area (TPSA) is 4.93 Å². The maximum Gasteiger partial charge on any atom is 0.0676 e. The molecule has 28 heavy (non-hydrogen) atoms. The van der Waals surface area contributed by atoms with Gasteiger partial charge < -0.3 is 4.57 Å². The molecule has 0 unspecified atom stereocenters. The van der Waals surface area contributed by atoms with Gasteiger partial charge in [0.15, 0.2) is 0 Å². The van der Waals surface area contributed by atoms with Crippen molar-refractivity contribution < 1.29 is 0 Å². The second-order valence-electron chi connectivity index (χ2n) is 7.14. The molecule has 1 aromatic heterocycles. The predicted octanol–water partition coefficient (Wildman–Crippen LogP) is 7.97. The maximum absolute atomic E-state index is 2.43. The average Bonchev–Trinajstić information content (AvgIpc) is 3.09. The Morgan fingerprint density at radius 3 is 2.14 bits per heavy atom. The molecule has 0 saturated heterocycles. The van der Waals surface area contributed by atoms with Gasteiger partial charge in [0.25, 0.3) is 0 Å². The van der Waals surface area contributed by atoms with Crippen molar-refractivity contribution in [2.24, 2.45) is 0 Å². The van der Waals surface area contributed by atoms with Crippen molar-refractivity contribution in [3.05, 3.63) is 84.9 Å². The Balaban J connectivity index is 1.87. The minimum absolute atomic E-state index is 1.17. The average molecular weight is 386 g/mol. The van der Waals surface area contributed by atoms with E-state index in [0.717, 1.165) is 0 Å². The van der Waals surface area contributed by atoms with Gasteiger partial charge in [-0.15, -0.1) is 11.8 Å². The highest BCUT2D eigenvalue weighted by atomic mass is 32.2. The molecule has 0 radical (unpaired) electrons. The number of unbranched alkanes of at least 4 members (excludes halogenated alkanes) is 3. The maximum atomic E-state index is 2.43. The van der Waals surface area contributed by atoms with E-state index in [0.29, 0.717) is 0 Å². The summed E-state index contributed by atoms with van der Waals surface area (Å²) in [4.78, 5) is 1.40. The highest BCUT2D eigenvalue weighted by Crippen LogP contribution is 2.42. The molecule has 0 atom stereocenters. The standard InChI is InChI=1S/C26H27NS/c1-2-3-4-13-20-28-26-23-18-11-12-19-24(23)27(22-16-9-6-10-17-22)25(26)21-14-7-5-8-15-21/h5-12,14-19H,2-4,13,20H2,1H3. The minimum atomic E-state index is 1.17. The molecule has 0 bridgehead atoms. The van der Waals surface area contributed by atoms with E-state index in [-0.39, 0.29) is 0 Å². The Morgan fingerprint density at radius 2 is 1.39 bits per heavy atom. The van der Waals surface area contributed by atoms with Crippen LogP contribution in [0.3, 0.4) is 0 Å². The molecule has 0 aliphatic carbocycles. The van der Waals surface area contributed by atoms with Crippen LogP contribution in [-0.2, 0) is 0 Å². The van der Waals surface area contributed by atoms with Gasteiger partial charge in [-0.1, -0.05) is 92.9 Å². The Bertz CT molecular complexity index is 1020. The lowest BCUT2D eigenvalue weighted by atomic mass is 10.1. The summed E-state index contributed by atoms with van der Waals surface area (Å²) in [5.41, 5.74) is 5.09. The third-order valence-electron chi connectivity index (χ3n) is 5.13. The van der Waals surface area contributed by atoms with Crippen LogP contribution in [-0.4, -0.2) is 10.3 Å². The smallest absolute Gasteiger partial charge is 0.0676 e. The molecule has 0 aliphatic heterocycles. The van der Waals surface area contributed by atoms with Gasteiger partial charge in [0.05, 0.1) is 11.2 Å². The number of rotatable bonds is 8. The zero-order valence-electron chi connectivity index (χ0n) is 16.5. The summed E-state index contributed by atoms with van der Waals surface area (Å²) in [6.45, 7) is 2.27. The van der Waals surface area contributed by atoms with Crippen LogP contribution in [0, 0.1) is 0 Å². The molecule has 4 aromatic rings. The van der Waals surface area contributed by atoms with E-state index in [1.54, 1.807) is 0 Å². The molecular weight excluding hydrogens is 358 g/mol. The summed E-state index contributed by atoms with van der Waals surface area (Å²) >= 11 is 2.02. The molecular formula is C26H27NS. The van der Waals surface area contributed by atoms with Gasteiger partial charge in [-0.3, -0.25) is 0 Å². The van der Waals surface area contributed by atoms with E-state index in [4.69, 9.17) is 0 Å². The third kappa shape index (κ3) is 3.88. The molecule has 0 N–H and O–H groups in total. The summed E-state index contributed by atoms with van der Waals surface area (Å²) in [7, 11) is 0. The van der Waals surface area contributed by atoms with E-state index >= 15 is 0 Å². The van der Waals surface area contributed by atoms with E-state index in [9.17, 15) is 0 Å². The van der Waals surface area contributed by atoms with Gasteiger partial charge in [0.1, 0.15) is 0 Å². The normalized spacial score (nSPS) is 11.2. The second-order valence-corrected chi connectivity index (χ2v) is 8.25. The monoisotopic (exact) mass is 385 g/mol. The number of aromatic nitrogens is 1. The number of benzene rings is 3.